The lowest BCUT2D eigenvalue weighted by Crippen LogP contribution is -2.22. The number of ether oxygens (including phenoxy) is 2. The van der Waals surface area contributed by atoms with Gasteiger partial charge in [-0.2, -0.15) is 5.26 Å². The number of aromatic amines is 1. The zero-order valence-electron chi connectivity index (χ0n) is 15.2. The molecule has 7 heteroatoms. The van der Waals surface area contributed by atoms with E-state index >= 15 is 0 Å². The molecule has 0 bridgehead atoms. The summed E-state index contributed by atoms with van der Waals surface area (Å²) in [7, 11) is 1.61. The van der Waals surface area contributed by atoms with E-state index < -0.39 is 0 Å². The van der Waals surface area contributed by atoms with Crippen molar-refractivity contribution in [2.24, 2.45) is 5.73 Å². The predicted octanol–water partition coefficient (Wildman–Crippen LogP) is 2.62. The quantitative estimate of drug-likeness (QED) is 0.828. The Balaban J connectivity index is 2.07. The summed E-state index contributed by atoms with van der Waals surface area (Å²) in [5.41, 5.74) is 10.0. The molecule has 1 atom stereocenters. The highest BCUT2D eigenvalue weighted by Crippen LogP contribution is 2.43. The molecule has 7 nitrogen and oxygen atoms in total. The summed E-state index contributed by atoms with van der Waals surface area (Å²) in [6.07, 6.45) is 0. The van der Waals surface area contributed by atoms with Gasteiger partial charge < -0.3 is 20.1 Å². The number of anilines is 1. The summed E-state index contributed by atoms with van der Waals surface area (Å²) in [4.78, 5) is 2.27. The van der Waals surface area contributed by atoms with E-state index in [9.17, 15) is 5.26 Å². The standard InChI is InChI=1S/C19H23N5O2/c1-4-24(5-2)13-8-6-12(7-9-13)16-14(10-20)18(21)26-19-17(16)15(11-25-3)22-23-19/h6-9,16H,4-5,11,21H2,1-3H3,(H,22,23). The molecule has 0 saturated heterocycles. The molecule has 1 aromatic carbocycles. The SMILES string of the molecule is CCN(CC)c1ccc(C2C(C#N)=C(N)Oc3n[nH]c(COC)c32)cc1. The van der Waals surface area contributed by atoms with Crippen LogP contribution in [0.3, 0.4) is 0 Å². The van der Waals surface area contributed by atoms with Crippen LogP contribution in [0.2, 0.25) is 0 Å². The average Bonchev–Trinajstić information content (AvgIpc) is 3.05. The molecule has 0 fully saturated rings. The first kappa shape index (κ1) is 17.8. The van der Waals surface area contributed by atoms with Crippen LogP contribution in [0.1, 0.15) is 36.6 Å². The summed E-state index contributed by atoms with van der Waals surface area (Å²) in [5.74, 6) is 0.151. The molecule has 0 aliphatic carbocycles. The number of allylic oxidation sites excluding steroid dienone is 1. The molecule has 0 spiro atoms. The van der Waals surface area contributed by atoms with Gasteiger partial charge in [-0.1, -0.05) is 12.1 Å². The Hall–Kier alpha value is -2.98. The third-order valence-electron chi connectivity index (χ3n) is 4.66. The summed E-state index contributed by atoms with van der Waals surface area (Å²) in [6.45, 7) is 6.47. The number of hydrogen-bond donors (Lipinski definition) is 2. The van der Waals surface area contributed by atoms with Gasteiger partial charge in [0.2, 0.25) is 11.8 Å². The number of rotatable bonds is 6. The van der Waals surface area contributed by atoms with Crippen LogP contribution < -0.4 is 15.4 Å². The first-order chi connectivity index (χ1) is 12.6. The van der Waals surface area contributed by atoms with Crippen molar-refractivity contribution < 1.29 is 9.47 Å². The second-order valence-corrected chi connectivity index (χ2v) is 6.04. The summed E-state index contributed by atoms with van der Waals surface area (Å²) in [6, 6.07) is 10.4. The minimum absolute atomic E-state index is 0.0910. The van der Waals surface area contributed by atoms with Crippen LogP contribution in [0.15, 0.2) is 35.7 Å². The Morgan fingerprint density at radius 1 is 1.31 bits per heavy atom. The highest BCUT2D eigenvalue weighted by Gasteiger charge is 2.35. The summed E-state index contributed by atoms with van der Waals surface area (Å²) < 4.78 is 10.8. The number of hydrogen-bond acceptors (Lipinski definition) is 6. The van der Waals surface area contributed by atoms with Crippen molar-refractivity contribution in [1.29, 1.82) is 5.26 Å². The van der Waals surface area contributed by atoms with Crippen molar-refractivity contribution in [2.45, 2.75) is 26.4 Å². The van der Waals surface area contributed by atoms with E-state index in [2.05, 4.69) is 47.1 Å². The fraction of sp³-hybridized carbons (Fsp3) is 0.368. The third-order valence-corrected chi connectivity index (χ3v) is 4.66. The molecule has 1 aliphatic rings. The molecule has 2 aromatic rings. The minimum Gasteiger partial charge on any atom is -0.420 e. The number of aromatic nitrogens is 2. The highest BCUT2D eigenvalue weighted by molar-refractivity contribution is 5.57. The maximum atomic E-state index is 9.66. The van der Waals surface area contributed by atoms with Gasteiger partial charge in [0.05, 0.1) is 23.8 Å². The van der Waals surface area contributed by atoms with Crippen LogP contribution in [-0.4, -0.2) is 30.4 Å². The average molecular weight is 353 g/mol. The van der Waals surface area contributed by atoms with Gasteiger partial charge in [0.1, 0.15) is 11.6 Å². The maximum absolute atomic E-state index is 9.66. The van der Waals surface area contributed by atoms with Gasteiger partial charge in [-0.3, -0.25) is 5.10 Å². The fourth-order valence-corrected chi connectivity index (χ4v) is 3.36. The Morgan fingerprint density at radius 3 is 2.58 bits per heavy atom. The molecule has 3 rings (SSSR count). The van der Waals surface area contributed by atoms with E-state index in [1.165, 1.54) is 0 Å². The number of H-pyrrole nitrogens is 1. The first-order valence-corrected chi connectivity index (χ1v) is 8.63. The van der Waals surface area contributed by atoms with Crippen LogP contribution in [0.5, 0.6) is 5.88 Å². The highest BCUT2D eigenvalue weighted by atomic mass is 16.5. The molecule has 136 valence electrons. The van der Waals surface area contributed by atoms with Crippen molar-refractivity contribution in [3.8, 4) is 11.9 Å². The minimum atomic E-state index is -0.335. The zero-order valence-corrected chi connectivity index (χ0v) is 15.2. The lowest BCUT2D eigenvalue weighted by atomic mass is 9.84. The molecule has 0 radical (unpaired) electrons. The van der Waals surface area contributed by atoms with Crippen LogP contribution >= 0.6 is 0 Å². The molecule has 0 amide bonds. The molecule has 1 aromatic heterocycles. The van der Waals surface area contributed by atoms with Crippen LogP contribution in [0.25, 0.3) is 0 Å². The molecule has 26 heavy (non-hydrogen) atoms. The van der Waals surface area contributed by atoms with Gasteiger partial charge in [0, 0.05) is 25.9 Å². The second kappa shape index (κ2) is 7.50. The van der Waals surface area contributed by atoms with E-state index in [1.807, 2.05) is 12.1 Å². The third kappa shape index (κ3) is 3.00. The van der Waals surface area contributed by atoms with Gasteiger partial charge in [-0.25, -0.2) is 0 Å². The Labute approximate surface area is 153 Å². The van der Waals surface area contributed by atoms with E-state index in [1.54, 1.807) is 7.11 Å². The maximum Gasteiger partial charge on any atom is 0.244 e. The largest absolute Gasteiger partial charge is 0.420 e. The molecular formula is C19H23N5O2. The molecule has 1 unspecified atom stereocenters. The molecular weight excluding hydrogens is 330 g/mol. The normalized spacial score (nSPS) is 16.0. The van der Waals surface area contributed by atoms with Crippen molar-refractivity contribution in [3.63, 3.8) is 0 Å². The van der Waals surface area contributed by atoms with Gasteiger partial charge >= 0.3 is 0 Å². The monoisotopic (exact) mass is 353 g/mol. The molecule has 3 N–H and O–H groups in total. The lowest BCUT2D eigenvalue weighted by molar-refractivity contribution is 0.180. The number of benzene rings is 1. The van der Waals surface area contributed by atoms with Crippen LogP contribution in [0.4, 0.5) is 5.69 Å². The lowest BCUT2D eigenvalue weighted by Gasteiger charge is -2.25. The van der Waals surface area contributed by atoms with E-state index in [0.29, 0.717) is 18.1 Å². The predicted molar refractivity (Wildman–Crippen MR) is 98.6 cm³/mol. The van der Waals surface area contributed by atoms with E-state index in [0.717, 1.165) is 35.6 Å². The Bertz CT molecular complexity index is 844. The van der Waals surface area contributed by atoms with Crippen molar-refractivity contribution in [2.75, 3.05) is 25.1 Å². The van der Waals surface area contributed by atoms with E-state index in [4.69, 9.17) is 15.2 Å². The number of nitriles is 1. The Kier molecular flexibility index (Phi) is 5.14. The number of methoxy groups -OCH3 is 1. The number of nitrogens with one attached hydrogen (secondary N) is 1. The van der Waals surface area contributed by atoms with Crippen LogP contribution in [-0.2, 0) is 11.3 Å². The number of nitrogens with zero attached hydrogens (tertiary/aromatic N) is 3. The van der Waals surface area contributed by atoms with Gasteiger partial charge in [0.25, 0.3) is 0 Å². The first-order valence-electron chi connectivity index (χ1n) is 8.63. The van der Waals surface area contributed by atoms with E-state index in [-0.39, 0.29) is 11.8 Å². The Morgan fingerprint density at radius 2 is 2.00 bits per heavy atom. The van der Waals surface area contributed by atoms with Gasteiger partial charge in [0.15, 0.2) is 0 Å². The molecule has 1 aliphatic heterocycles. The van der Waals surface area contributed by atoms with Gasteiger partial charge in [-0.05, 0) is 31.5 Å². The number of fused-ring (bicyclic) bond motifs is 1. The summed E-state index contributed by atoms with van der Waals surface area (Å²) in [5, 5.41) is 16.8. The molecule has 0 saturated carbocycles. The fourth-order valence-electron chi connectivity index (χ4n) is 3.36. The zero-order chi connectivity index (χ0) is 18.7. The van der Waals surface area contributed by atoms with Gasteiger partial charge in [-0.15, -0.1) is 5.10 Å². The van der Waals surface area contributed by atoms with Crippen molar-refractivity contribution in [3.05, 3.63) is 52.5 Å². The number of nitrogens with two attached hydrogens (primary N) is 1. The summed E-state index contributed by atoms with van der Waals surface area (Å²) >= 11 is 0. The topological polar surface area (TPSA) is 100 Å². The smallest absolute Gasteiger partial charge is 0.244 e. The second-order valence-electron chi connectivity index (χ2n) is 6.04. The van der Waals surface area contributed by atoms with Crippen LogP contribution in [0, 0.1) is 11.3 Å². The van der Waals surface area contributed by atoms with Crippen molar-refractivity contribution in [1.82, 2.24) is 10.2 Å². The van der Waals surface area contributed by atoms with Crippen molar-refractivity contribution >= 4 is 5.69 Å². The molecule has 2 heterocycles.